The Balaban J connectivity index is 2.14. The molecule has 1 atom stereocenters. The van der Waals surface area contributed by atoms with Gasteiger partial charge in [-0.15, -0.1) is 0 Å². The maximum Gasteiger partial charge on any atom is 0.251 e. The van der Waals surface area contributed by atoms with Crippen LogP contribution in [0.1, 0.15) is 34.6 Å². The molecule has 2 aromatic rings. The van der Waals surface area contributed by atoms with Gasteiger partial charge in [0.2, 0.25) is 10.0 Å². The summed E-state index contributed by atoms with van der Waals surface area (Å²) < 4.78 is 29.3. The van der Waals surface area contributed by atoms with Crippen LogP contribution < -0.4 is 10.0 Å². The lowest BCUT2D eigenvalue weighted by Gasteiger charge is -2.14. The Bertz CT molecular complexity index is 844. The number of nitrogens with zero attached hydrogens (tertiary/aromatic N) is 2. The smallest absolute Gasteiger partial charge is 0.251 e. The summed E-state index contributed by atoms with van der Waals surface area (Å²) in [6.07, 6.45) is 1.64. The Kier molecular flexibility index (Phi) is 5.93. The zero-order chi connectivity index (χ0) is 18.6. The van der Waals surface area contributed by atoms with E-state index in [1.807, 2.05) is 6.92 Å². The van der Waals surface area contributed by atoms with E-state index in [4.69, 9.17) is 5.11 Å². The van der Waals surface area contributed by atoms with Crippen LogP contribution in [-0.2, 0) is 17.1 Å². The standard InChI is InChI=1S/C16H22N4O4S/c1-11(15-10-18-20(3)12(15)2)19-25(23,24)14-6-4-13(5-7-14)16(22)17-8-9-21/h4-7,10-11,19,21H,8-9H2,1-3H3,(H,17,22)/t11-/m1/s1. The van der Waals surface area contributed by atoms with Crippen molar-refractivity contribution in [1.82, 2.24) is 19.8 Å². The van der Waals surface area contributed by atoms with E-state index in [1.54, 1.807) is 24.9 Å². The molecule has 0 aliphatic carbocycles. The first-order chi connectivity index (χ1) is 11.8. The van der Waals surface area contributed by atoms with Gasteiger partial charge in [0.1, 0.15) is 0 Å². The first-order valence-corrected chi connectivity index (χ1v) is 9.24. The maximum absolute atomic E-state index is 12.5. The Hall–Kier alpha value is -2.23. The van der Waals surface area contributed by atoms with Crippen LogP contribution in [0.25, 0.3) is 0 Å². The molecular weight excluding hydrogens is 344 g/mol. The highest BCUT2D eigenvalue weighted by Gasteiger charge is 2.21. The Morgan fingerprint density at radius 1 is 1.32 bits per heavy atom. The largest absolute Gasteiger partial charge is 0.395 e. The van der Waals surface area contributed by atoms with Crippen LogP contribution in [0.3, 0.4) is 0 Å². The molecule has 3 N–H and O–H groups in total. The number of benzene rings is 1. The second-order valence-electron chi connectivity index (χ2n) is 5.66. The van der Waals surface area contributed by atoms with Gasteiger partial charge in [-0.2, -0.15) is 5.10 Å². The molecule has 8 nitrogen and oxygen atoms in total. The topological polar surface area (TPSA) is 113 Å². The van der Waals surface area contributed by atoms with Crippen LogP contribution in [0.5, 0.6) is 0 Å². The number of hydrogen-bond acceptors (Lipinski definition) is 5. The van der Waals surface area contributed by atoms with Crippen LogP contribution in [0.15, 0.2) is 35.4 Å². The third-order valence-corrected chi connectivity index (χ3v) is 5.45. The summed E-state index contributed by atoms with van der Waals surface area (Å²) in [6, 6.07) is 5.17. The van der Waals surface area contributed by atoms with Gasteiger partial charge < -0.3 is 10.4 Å². The van der Waals surface area contributed by atoms with Crippen LogP contribution in [0, 0.1) is 6.92 Å². The van der Waals surface area contributed by atoms with Crippen molar-refractivity contribution in [3.63, 3.8) is 0 Å². The molecule has 0 aliphatic rings. The summed E-state index contributed by atoms with van der Waals surface area (Å²) in [5.41, 5.74) is 2.00. The van der Waals surface area contributed by atoms with E-state index in [0.717, 1.165) is 11.3 Å². The molecule has 0 bridgehead atoms. The zero-order valence-electron chi connectivity index (χ0n) is 14.4. The molecule has 1 heterocycles. The van der Waals surface area contributed by atoms with E-state index in [0.29, 0.717) is 5.56 Å². The highest BCUT2D eigenvalue weighted by molar-refractivity contribution is 7.89. The molecule has 136 valence electrons. The number of aliphatic hydroxyl groups excluding tert-OH is 1. The predicted octanol–water partition coefficient (Wildman–Crippen LogP) is 0.490. The molecule has 9 heteroatoms. The van der Waals surface area contributed by atoms with Gasteiger partial charge in [-0.05, 0) is 38.1 Å². The van der Waals surface area contributed by atoms with Gasteiger partial charge in [-0.1, -0.05) is 0 Å². The second-order valence-corrected chi connectivity index (χ2v) is 7.37. The van der Waals surface area contributed by atoms with Crippen LogP contribution in [0.2, 0.25) is 0 Å². The van der Waals surface area contributed by atoms with Crippen molar-refractivity contribution in [2.45, 2.75) is 24.8 Å². The maximum atomic E-state index is 12.5. The number of aryl methyl sites for hydroxylation is 1. The molecular formula is C16H22N4O4S. The van der Waals surface area contributed by atoms with Crippen molar-refractivity contribution < 1.29 is 18.3 Å². The zero-order valence-corrected chi connectivity index (χ0v) is 15.2. The van der Waals surface area contributed by atoms with Gasteiger partial charge >= 0.3 is 0 Å². The fraction of sp³-hybridized carbons (Fsp3) is 0.375. The summed E-state index contributed by atoms with van der Waals surface area (Å²) in [6.45, 7) is 3.60. The SMILES string of the molecule is Cc1c([C@@H](C)NS(=O)(=O)c2ccc(C(=O)NCCO)cc2)cnn1C. The van der Waals surface area contributed by atoms with Crippen LogP contribution in [-0.4, -0.2) is 42.4 Å². The van der Waals surface area contributed by atoms with E-state index in [9.17, 15) is 13.2 Å². The van der Waals surface area contributed by atoms with Crippen molar-refractivity contribution in [3.05, 3.63) is 47.3 Å². The molecule has 0 saturated heterocycles. The second kappa shape index (κ2) is 7.77. The van der Waals surface area contributed by atoms with E-state index >= 15 is 0 Å². The van der Waals surface area contributed by atoms with Crippen LogP contribution in [0.4, 0.5) is 0 Å². The molecule has 0 aliphatic heterocycles. The number of sulfonamides is 1. The molecule has 25 heavy (non-hydrogen) atoms. The van der Waals surface area contributed by atoms with Gasteiger partial charge in [0.15, 0.2) is 0 Å². The van der Waals surface area contributed by atoms with Crippen molar-refractivity contribution in [2.24, 2.45) is 7.05 Å². The lowest BCUT2D eigenvalue weighted by Crippen LogP contribution is -2.28. The number of aromatic nitrogens is 2. The van der Waals surface area contributed by atoms with E-state index in [2.05, 4.69) is 15.1 Å². The minimum absolute atomic E-state index is 0.0691. The molecule has 1 aromatic heterocycles. The number of amides is 1. The Morgan fingerprint density at radius 3 is 2.48 bits per heavy atom. The minimum atomic E-state index is -3.73. The average Bonchev–Trinajstić information content (AvgIpc) is 2.91. The number of aliphatic hydroxyl groups is 1. The van der Waals surface area contributed by atoms with Crippen LogP contribution >= 0.6 is 0 Å². The average molecular weight is 366 g/mol. The third kappa shape index (κ3) is 4.44. The lowest BCUT2D eigenvalue weighted by molar-refractivity contribution is 0.0944. The normalized spacial score (nSPS) is 12.8. The Morgan fingerprint density at radius 2 is 1.96 bits per heavy atom. The van der Waals surface area contributed by atoms with Gasteiger partial charge in [0, 0.05) is 36.5 Å². The predicted molar refractivity (Wildman–Crippen MR) is 92.5 cm³/mol. The van der Waals surface area contributed by atoms with E-state index in [-0.39, 0.29) is 24.0 Å². The molecule has 0 unspecified atom stereocenters. The molecule has 0 radical (unpaired) electrons. The van der Waals surface area contributed by atoms with E-state index in [1.165, 1.54) is 24.3 Å². The van der Waals surface area contributed by atoms with Gasteiger partial charge in [-0.3, -0.25) is 9.48 Å². The molecule has 0 saturated carbocycles. The highest BCUT2D eigenvalue weighted by Crippen LogP contribution is 2.19. The first-order valence-electron chi connectivity index (χ1n) is 7.76. The van der Waals surface area contributed by atoms with Gasteiger partial charge in [-0.25, -0.2) is 13.1 Å². The lowest BCUT2D eigenvalue weighted by atomic mass is 10.1. The summed E-state index contributed by atoms with van der Waals surface area (Å²) in [4.78, 5) is 11.8. The number of rotatable bonds is 7. The summed E-state index contributed by atoms with van der Waals surface area (Å²) in [5, 5.41) is 15.3. The summed E-state index contributed by atoms with van der Waals surface area (Å²) >= 11 is 0. The summed E-state index contributed by atoms with van der Waals surface area (Å²) in [5.74, 6) is -0.370. The third-order valence-electron chi connectivity index (χ3n) is 3.90. The highest BCUT2D eigenvalue weighted by atomic mass is 32.2. The number of carbonyl (C=O) groups excluding carboxylic acids is 1. The molecule has 0 spiro atoms. The molecule has 2 rings (SSSR count). The van der Waals surface area contributed by atoms with Crippen molar-refractivity contribution in [2.75, 3.05) is 13.2 Å². The Labute approximate surface area is 146 Å². The molecule has 1 amide bonds. The molecule has 1 aromatic carbocycles. The van der Waals surface area contributed by atoms with Crippen molar-refractivity contribution >= 4 is 15.9 Å². The van der Waals surface area contributed by atoms with Crippen molar-refractivity contribution in [3.8, 4) is 0 Å². The van der Waals surface area contributed by atoms with Crippen molar-refractivity contribution in [1.29, 1.82) is 0 Å². The number of nitrogens with one attached hydrogen (secondary N) is 2. The number of carbonyl (C=O) groups is 1. The minimum Gasteiger partial charge on any atom is -0.395 e. The first kappa shape index (κ1) is 19.1. The van der Waals surface area contributed by atoms with Gasteiger partial charge in [0.25, 0.3) is 5.91 Å². The monoisotopic (exact) mass is 366 g/mol. The fourth-order valence-electron chi connectivity index (χ4n) is 2.36. The fourth-order valence-corrected chi connectivity index (χ4v) is 3.58. The van der Waals surface area contributed by atoms with E-state index < -0.39 is 16.1 Å². The summed E-state index contributed by atoms with van der Waals surface area (Å²) in [7, 11) is -1.94. The van der Waals surface area contributed by atoms with Gasteiger partial charge in [0.05, 0.1) is 17.7 Å². The quantitative estimate of drug-likeness (QED) is 0.660. The molecule has 0 fully saturated rings. The number of hydrogen-bond donors (Lipinski definition) is 3.